The molecule has 0 fully saturated rings. The van der Waals surface area contributed by atoms with Crippen molar-refractivity contribution in [1.29, 1.82) is 0 Å². The van der Waals surface area contributed by atoms with Gasteiger partial charge < -0.3 is 24.1 Å². The molecule has 0 radical (unpaired) electrons. The highest BCUT2D eigenvalue weighted by Gasteiger charge is 2.17. The fourth-order valence-corrected chi connectivity index (χ4v) is 2.68. The molecule has 2 aromatic rings. The number of carboxylic acid groups (broad SMARTS) is 1. The SMILES string of the molecule is CC/C(=C(/C(=O)O)c1ccc(OCOC)cc1)c1ccc(OCOC)cc1. The molecule has 0 saturated carbocycles. The molecule has 144 valence electrons. The Morgan fingerprint density at radius 3 is 1.63 bits per heavy atom. The van der Waals surface area contributed by atoms with E-state index in [2.05, 4.69) is 0 Å². The lowest BCUT2D eigenvalue weighted by Gasteiger charge is -2.13. The number of benzene rings is 2. The summed E-state index contributed by atoms with van der Waals surface area (Å²) in [7, 11) is 3.09. The summed E-state index contributed by atoms with van der Waals surface area (Å²) in [4.78, 5) is 12.0. The van der Waals surface area contributed by atoms with Crippen LogP contribution in [0.2, 0.25) is 0 Å². The van der Waals surface area contributed by atoms with Gasteiger partial charge in [-0.3, -0.25) is 0 Å². The smallest absolute Gasteiger partial charge is 0.336 e. The Bertz CT molecular complexity index is 762. The molecular weight excluding hydrogens is 348 g/mol. The van der Waals surface area contributed by atoms with Gasteiger partial charge in [-0.1, -0.05) is 31.2 Å². The van der Waals surface area contributed by atoms with Crippen LogP contribution in [0.1, 0.15) is 24.5 Å². The van der Waals surface area contributed by atoms with Crippen LogP contribution in [0.15, 0.2) is 48.5 Å². The zero-order chi connectivity index (χ0) is 19.6. The molecule has 2 rings (SSSR count). The first kappa shape index (κ1) is 20.5. The fraction of sp³-hybridized carbons (Fsp3) is 0.286. The lowest BCUT2D eigenvalue weighted by Crippen LogP contribution is -2.04. The van der Waals surface area contributed by atoms with Crippen molar-refractivity contribution in [2.45, 2.75) is 13.3 Å². The quantitative estimate of drug-likeness (QED) is 0.385. The molecular formula is C21H24O6. The molecule has 0 amide bonds. The first-order chi connectivity index (χ1) is 13.1. The summed E-state index contributed by atoms with van der Waals surface area (Å²) >= 11 is 0. The van der Waals surface area contributed by atoms with E-state index in [1.165, 1.54) is 0 Å². The number of hydrogen-bond acceptors (Lipinski definition) is 5. The van der Waals surface area contributed by atoms with E-state index in [9.17, 15) is 9.90 Å². The van der Waals surface area contributed by atoms with Gasteiger partial charge in [-0.2, -0.15) is 0 Å². The Labute approximate surface area is 158 Å². The van der Waals surface area contributed by atoms with Crippen molar-refractivity contribution in [2.75, 3.05) is 27.8 Å². The monoisotopic (exact) mass is 372 g/mol. The van der Waals surface area contributed by atoms with Gasteiger partial charge in [0, 0.05) is 14.2 Å². The number of hydrogen-bond donors (Lipinski definition) is 1. The molecule has 0 aliphatic rings. The van der Waals surface area contributed by atoms with E-state index < -0.39 is 5.97 Å². The number of aliphatic carboxylic acids is 1. The summed E-state index contributed by atoms with van der Waals surface area (Å²) < 4.78 is 20.5. The molecule has 0 spiro atoms. The summed E-state index contributed by atoms with van der Waals surface area (Å²) in [6, 6.07) is 14.2. The van der Waals surface area contributed by atoms with Crippen molar-refractivity contribution in [1.82, 2.24) is 0 Å². The average Bonchev–Trinajstić information content (AvgIpc) is 2.69. The van der Waals surface area contributed by atoms with E-state index in [4.69, 9.17) is 18.9 Å². The van der Waals surface area contributed by atoms with E-state index >= 15 is 0 Å². The van der Waals surface area contributed by atoms with Crippen LogP contribution in [0.4, 0.5) is 0 Å². The fourth-order valence-electron chi connectivity index (χ4n) is 2.68. The molecule has 6 nitrogen and oxygen atoms in total. The van der Waals surface area contributed by atoms with Gasteiger partial charge in [-0.05, 0) is 47.4 Å². The van der Waals surface area contributed by atoms with Gasteiger partial charge >= 0.3 is 5.97 Å². The van der Waals surface area contributed by atoms with Crippen molar-refractivity contribution in [3.63, 3.8) is 0 Å². The maximum atomic E-state index is 12.0. The highest BCUT2D eigenvalue weighted by atomic mass is 16.7. The van der Waals surface area contributed by atoms with Gasteiger partial charge in [-0.15, -0.1) is 0 Å². The predicted octanol–water partition coefficient (Wildman–Crippen LogP) is 4.06. The molecule has 0 aromatic heterocycles. The summed E-state index contributed by atoms with van der Waals surface area (Å²) in [5, 5.41) is 9.82. The van der Waals surface area contributed by atoms with Crippen molar-refractivity contribution in [3.05, 3.63) is 59.7 Å². The molecule has 27 heavy (non-hydrogen) atoms. The molecule has 2 aromatic carbocycles. The minimum absolute atomic E-state index is 0.138. The number of carboxylic acids is 1. The molecule has 1 N–H and O–H groups in total. The summed E-state index contributed by atoms with van der Waals surface area (Å²) in [5.41, 5.74) is 2.45. The number of methoxy groups -OCH3 is 2. The number of rotatable bonds is 10. The highest BCUT2D eigenvalue weighted by Crippen LogP contribution is 2.31. The molecule has 6 heteroatoms. The molecule has 0 aliphatic carbocycles. The maximum absolute atomic E-state index is 12.0. The van der Waals surface area contributed by atoms with Gasteiger partial charge in [-0.25, -0.2) is 4.79 Å². The van der Waals surface area contributed by atoms with Crippen molar-refractivity contribution >= 4 is 17.1 Å². The van der Waals surface area contributed by atoms with E-state index in [1.54, 1.807) is 50.6 Å². The van der Waals surface area contributed by atoms with Gasteiger partial charge in [0.25, 0.3) is 0 Å². The van der Waals surface area contributed by atoms with Crippen LogP contribution in [-0.2, 0) is 14.3 Å². The second-order valence-corrected chi connectivity index (χ2v) is 5.66. The van der Waals surface area contributed by atoms with Crippen LogP contribution >= 0.6 is 0 Å². The zero-order valence-electron chi connectivity index (χ0n) is 15.7. The van der Waals surface area contributed by atoms with Gasteiger partial charge in [0.2, 0.25) is 0 Å². The Morgan fingerprint density at radius 1 is 0.815 bits per heavy atom. The van der Waals surface area contributed by atoms with E-state index in [0.717, 1.165) is 11.1 Å². The summed E-state index contributed by atoms with van der Waals surface area (Å²) in [6.45, 7) is 2.23. The molecule has 0 heterocycles. The second-order valence-electron chi connectivity index (χ2n) is 5.66. The first-order valence-electron chi connectivity index (χ1n) is 8.51. The van der Waals surface area contributed by atoms with Crippen molar-refractivity contribution in [2.24, 2.45) is 0 Å². The standard InChI is InChI=1S/C21H24O6/c1-4-19(15-5-9-17(10-6-15)26-13-24-2)20(21(22)23)16-7-11-18(12-8-16)27-14-25-3/h5-12H,4,13-14H2,1-3H3,(H,22,23)/b20-19-. The van der Waals surface area contributed by atoms with Crippen molar-refractivity contribution in [3.8, 4) is 11.5 Å². The molecule has 0 unspecified atom stereocenters. The number of allylic oxidation sites excluding steroid dienone is 1. The predicted molar refractivity (Wildman–Crippen MR) is 103 cm³/mol. The van der Waals surface area contributed by atoms with Crippen molar-refractivity contribution < 1.29 is 28.8 Å². The lowest BCUT2D eigenvalue weighted by atomic mass is 9.93. The maximum Gasteiger partial charge on any atom is 0.336 e. The largest absolute Gasteiger partial charge is 0.478 e. The van der Waals surface area contributed by atoms with Gasteiger partial charge in [0.1, 0.15) is 11.5 Å². The zero-order valence-corrected chi connectivity index (χ0v) is 15.7. The van der Waals surface area contributed by atoms with Gasteiger partial charge in [0.05, 0.1) is 5.57 Å². The Kier molecular flexibility index (Phi) is 7.85. The summed E-state index contributed by atoms with van der Waals surface area (Å²) in [5.74, 6) is 0.299. The van der Waals surface area contributed by atoms with Gasteiger partial charge in [0.15, 0.2) is 13.6 Å². The van der Waals surface area contributed by atoms with Crippen LogP contribution in [0.5, 0.6) is 11.5 Å². The van der Waals surface area contributed by atoms with Crippen LogP contribution in [0.25, 0.3) is 11.1 Å². The minimum Gasteiger partial charge on any atom is -0.478 e. The Morgan fingerprint density at radius 2 is 1.26 bits per heavy atom. The third kappa shape index (κ3) is 5.57. The minimum atomic E-state index is -0.975. The van der Waals surface area contributed by atoms with E-state index in [1.807, 2.05) is 19.1 Å². The normalized spacial score (nSPS) is 11.7. The Balaban J connectivity index is 2.37. The number of ether oxygens (including phenoxy) is 4. The summed E-state index contributed by atoms with van der Waals surface area (Å²) in [6.07, 6.45) is 0.571. The van der Waals surface area contributed by atoms with E-state index in [0.29, 0.717) is 23.5 Å². The average molecular weight is 372 g/mol. The lowest BCUT2D eigenvalue weighted by molar-refractivity contribution is -0.130. The van der Waals surface area contributed by atoms with Crippen LogP contribution in [-0.4, -0.2) is 38.9 Å². The number of carbonyl (C=O) groups is 1. The highest BCUT2D eigenvalue weighted by molar-refractivity contribution is 6.23. The second kappa shape index (κ2) is 10.4. The molecule has 0 atom stereocenters. The Hall–Kier alpha value is -2.83. The first-order valence-corrected chi connectivity index (χ1v) is 8.51. The molecule has 0 saturated heterocycles. The van der Waals surface area contributed by atoms with Crippen LogP contribution < -0.4 is 9.47 Å². The third-order valence-corrected chi connectivity index (χ3v) is 3.90. The molecule has 0 bridgehead atoms. The van der Waals surface area contributed by atoms with E-state index in [-0.39, 0.29) is 19.2 Å². The topological polar surface area (TPSA) is 74.2 Å². The third-order valence-electron chi connectivity index (χ3n) is 3.90. The molecule has 0 aliphatic heterocycles. The van der Waals surface area contributed by atoms with Crippen LogP contribution in [0.3, 0.4) is 0 Å². The van der Waals surface area contributed by atoms with Crippen LogP contribution in [0, 0.1) is 0 Å².